The molecule has 0 fully saturated rings. The summed E-state index contributed by atoms with van der Waals surface area (Å²) in [6, 6.07) is 15.5. The average Bonchev–Trinajstić information content (AvgIpc) is 2.72. The molecule has 0 unspecified atom stereocenters. The predicted molar refractivity (Wildman–Crippen MR) is 118 cm³/mol. The molecule has 0 aliphatic rings. The molecule has 31 heavy (non-hydrogen) atoms. The fourth-order valence-corrected chi connectivity index (χ4v) is 3.45. The fraction of sp³-hybridized carbons (Fsp3) is 0.0476. The molecule has 0 aliphatic carbocycles. The molecule has 9 nitrogen and oxygen atoms in total. The first kappa shape index (κ1) is 21.8. The van der Waals surface area contributed by atoms with Gasteiger partial charge in [0.2, 0.25) is 0 Å². The number of benzene rings is 3. The summed E-state index contributed by atoms with van der Waals surface area (Å²) in [4.78, 5) is 9.63. The molecule has 10 heteroatoms. The van der Waals surface area contributed by atoms with Crippen LogP contribution in [0.15, 0.2) is 75.8 Å². The van der Waals surface area contributed by atoms with Gasteiger partial charge < -0.3 is 5.73 Å². The molecule has 3 aromatic rings. The minimum Gasteiger partial charge on any atom is -0.399 e. The molecule has 3 N–H and O–H groups in total. The van der Waals surface area contributed by atoms with E-state index in [2.05, 4.69) is 10.2 Å². The van der Waals surface area contributed by atoms with Crippen LogP contribution >= 0.6 is 0 Å². The Morgan fingerprint density at radius 2 is 1.52 bits per heavy atom. The topological polar surface area (TPSA) is 148 Å². The largest absolute Gasteiger partial charge is 0.399 e. The van der Waals surface area contributed by atoms with E-state index in [4.69, 9.17) is 5.73 Å². The number of nitro groups is 1. The zero-order valence-electron chi connectivity index (χ0n) is 16.3. The Morgan fingerprint density at radius 3 is 2.13 bits per heavy atom. The molecule has 0 bridgehead atoms. The van der Waals surface area contributed by atoms with Crippen molar-refractivity contribution in [1.29, 1.82) is 0 Å². The zero-order valence-corrected chi connectivity index (χ0v) is 17.2. The van der Waals surface area contributed by atoms with Crippen molar-refractivity contribution in [1.82, 2.24) is 0 Å². The Bertz CT molecular complexity index is 1300. The van der Waals surface area contributed by atoms with Crippen LogP contribution in [0.25, 0.3) is 12.2 Å². The van der Waals surface area contributed by atoms with Crippen molar-refractivity contribution in [2.24, 2.45) is 10.2 Å². The first-order chi connectivity index (χ1) is 14.6. The number of nitro benzene ring substituents is 1. The molecule has 0 spiro atoms. The van der Waals surface area contributed by atoms with Crippen LogP contribution in [0.5, 0.6) is 0 Å². The molecule has 0 radical (unpaired) electrons. The molecule has 0 heterocycles. The third kappa shape index (κ3) is 5.59. The van der Waals surface area contributed by atoms with Crippen LogP contribution < -0.4 is 5.73 Å². The zero-order chi connectivity index (χ0) is 22.6. The molecule has 0 saturated carbocycles. The van der Waals surface area contributed by atoms with Crippen molar-refractivity contribution in [2.45, 2.75) is 11.8 Å². The Morgan fingerprint density at radius 1 is 0.935 bits per heavy atom. The van der Waals surface area contributed by atoms with Gasteiger partial charge >= 0.3 is 0 Å². The van der Waals surface area contributed by atoms with Crippen LogP contribution in [0, 0.1) is 17.0 Å². The van der Waals surface area contributed by atoms with Gasteiger partial charge in [-0.1, -0.05) is 18.2 Å². The lowest BCUT2D eigenvalue weighted by molar-refractivity contribution is -0.385. The molecule has 0 atom stereocenters. The lowest BCUT2D eigenvalue weighted by Crippen LogP contribution is -2.02. The molecule has 3 aromatic carbocycles. The number of nitrogen functional groups attached to an aromatic ring is 1. The van der Waals surface area contributed by atoms with E-state index in [1.807, 2.05) is 6.92 Å². The van der Waals surface area contributed by atoms with Crippen molar-refractivity contribution in [3.63, 3.8) is 0 Å². The number of hydrogen-bond acceptors (Lipinski definition) is 7. The standard InChI is InChI=1S/C21H18N4O5S/c1-14-12-19(24-23-18-9-6-17(22)7-10-18)8-4-15(14)2-3-16-5-11-20(25(26)27)13-21(16)31(28,29)30/h2-13H,22H2,1H3,(H,28,29,30)/b3-2-,24-23?. The monoisotopic (exact) mass is 438 g/mol. The number of non-ortho nitro benzene ring substituents is 1. The van der Waals surface area contributed by atoms with Gasteiger partial charge in [0.1, 0.15) is 4.90 Å². The van der Waals surface area contributed by atoms with E-state index in [1.165, 1.54) is 18.2 Å². The number of azo groups is 1. The maximum Gasteiger partial charge on any atom is 0.295 e. The second-order valence-corrected chi connectivity index (χ2v) is 8.01. The maximum atomic E-state index is 11.6. The van der Waals surface area contributed by atoms with Crippen LogP contribution in [0.4, 0.5) is 22.7 Å². The van der Waals surface area contributed by atoms with Gasteiger partial charge in [-0.2, -0.15) is 18.6 Å². The number of rotatable bonds is 6. The first-order valence-corrected chi connectivity index (χ1v) is 10.4. The summed E-state index contributed by atoms with van der Waals surface area (Å²) in [5.74, 6) is 0. The van der Waals surface area contributed by atoms with E-state index in [9.17, 15) is 23.1 Å². The normalized spacial score (nSPS) is 11.9. The van der Waals surface area contributed by atoms with Crippen LogP contribution in [-0.4, -0.2) is 17.9 Å². The number of aryl methyl sites for hydroxylation is 1. The summed E-state index contributed by atoms with van der Waals surface area (Å²) in [7, 11) is -4.64. The molecular weight excluding hydrogens is 420 g/mol. The summed E-state index contributed by atoms with van der Waals surface area (Å²) >= 11 is 0. The van der Waals surface area contributed by atoms with Gasteiger partial charge in [0.25, 0.3) is 15.8 Å². The van der Waals surface area contributed by atoms with Crippen molar-refractivity contribution in [2.75, 3.05) is 5.73 Å². The number of nitrogens with zero attached hydrogens (tertiary/aromatic N) is 3. The molecule has 158 valence electrons. The average molecular weight is 438 g/mol. The van der Waals surface area contributed by atoms with Gasteiger partial charge in [-0.15, -0.1) is 0 Å². The molecular formula is C21H18N4O5S. The highest BCUT2D eigenvalue weighted by atomic mass is 32.2. The van der Waals surface area contributed by atoms with Crippen molar-refractivity contribution < 1.29 is 17.9 Å². The number of nitrogens with two attached hydrogens (primary N) is 1. The predicted octanol–water partition coefficient (Wildman–Crippen LogP) is 5.32. The van der Waals surface area contributed by atoms with Crippen LogP contribution in [-0.2, 0) is 10.1 Å². The summed E-state index contributed by atoms with van der Waals surface area (Å²) in [5.41, 5.74) is 8.87. The van der Waals surface area contributed by atoms with E-state index in [-0.39, 0.29) is 5.56 Å². The Labute approximate surface area is 178 Å². The minimum atomic E-state index is -4.64. The van der Waals surface area contributed by atoms with Gasteiger partial charge in [0, 0.05) is 17.8 Å². The van der Waals surface area contributed by atoms with Gasteiger partial charge in [-0.05, 0) is 66.1 Å². The Kier molecular flexibility index (Phi) is 6.23. The highest BCUT2D eigenvalue weighted by Crippen LogP contribution is 2.26. The Balaban J connectivity index is 1.86. The third-order valence-corrected chi connectivity index (χ3v) is 5.27. The van der Waals surface area contributed by atoms with Gasteiger partial charge in [-0.3, -0.25) is 14.7 Å². The van der Waals surface area contributed by atoms with Gasteiger partial charge in [-0.25, -0.2) is 0 Å². The van der Waals surface area contributed by atoms with Crippen LogP contribution in [0.3, 0.4) is 0 Å². The van der Waals surface area contributed by atoms with Gasteiger partial charge in [0.05, 0.1) is 16.3 Å². The first-order valence-electron chi connectivity index (χ1n) is 8.95. The minimum absolute atomic E-state index is 0.125. The highest BCUT2D eigenvalue weighted by Gasteiger charge is 2.18. The van der Waals surface area contributed by atoms with E-state index in [0.717, 1.165) is 17.2 Å². The lowest BCUT2D eigenvalue weighted by atomic mass is 10.1. The van der Waals surface area contributed by atoms with Crippen molar-refractivity contribution in [3.05, 3.63) is 87.5 Å². The van der Waals surface area contributed by atoms with Crippen LogP contribution in [0.1, 0.15) is 16.7 Å². The lowest BCUT2D eigenvalue weighted by Gasteiger charge is -2.04. The van der Waals surface area contributed by atoms with E-state index >= 15 is 0 Å². The molecule has 0 saturated heterocycles. The Hall–Kier alpha value is -3.89. The summed E-state index contributed by atoms with van der Waals surface area (Å²) in [6.45, 7) is 1.85. The van der Waals surface area contributed by atoms with E-state index in [0.29, 0.717) is 17.1 Å². The number of anilines is 1. The molecule has 0 aromatic heterocycles. The fourth-order valence-electron chi connectivity index (χ4n) is 2.74. The van der Waals surface area contributed by atoms with Crippen LogP contribution in [0.2, 0.25) is 0 Å². The van der Waals surface area contributed by atoms with Crippen molar-refractivity contribution in [3.8, 4) is 0 Å². The summed E-state index contributed by atoms with van der Waals surface area (Å²) in [6.07, 6.45) is 3.11. The third-order valence-electron chi connectivity index (χ3n) is 4.36. The second-order valence-electron chi connectivity index (χ2n) is 6.62. The quantitative estimate of drug-likeness (QED) is 0.133. The molecule has 0 amide bonds. The summed E-state index contributed by atoms with van der Waals surface area (Å²) in [5, 5.41) is 19.2. The van der Waals surface area contributed by atoms with E-state index in [1.54, 1.807) is 48.5 Å². The SMILES string of the molecule is Cc1cc(N=Nc2ccc(N)cc2)ccc1/C=C\c1ccc([N+](=O)[O-])cc1S(=O)(=O)O. The van der Waals surface area contributed by atoms with E-state index < -0.39 is 25.6 Å². The smallest absolute Gasteiger partial charge is 0.295 e. The maximum absolute atomic E-state index is 11.6. The summed E-state index contributed by atoms with van der Waals surface area (Å²) < 4.78 is 32.7. The van der Waals surface area contributed by atoms with Crippen molar-refractivity contribution >= 4 is 45.0 Å². The van der Waals surface area contributed by atoms with Gasteiger partial charge in [0.15, 0.2) is 0 Å². The molecule has 3 rings (SSSR count). The molecule has 0 aliphatic heterocycles. The number of hydrogen-bond donors (Lipinski definition) is 2. The highest BCUT2D eigenvalue weighted by molar-refractivity contribution is 7.86. The second kappa shape index (κ2) is 8.86.